The van der Waals surface area contributed by atoms with Crippen molar-refractivity contribution in [2.45, 2.75) is 86.5 Å². The fourth-order valence-electron chi connectivity index (χ4n) is 4.84. The van der Waals surface area contributed by atoms with Gasteiger partial charge in [-0.15, -0.1) is 23.4 Å². The molecule has 3 aliphatic rings. The van der Waals surface area contributed by atoms with E-state index in [0.29, 0.717) is 12.5 Å². The van der Waals surface area contributed by atoms with Crippen LogP contribution in [0.25, 0.3) is 0 Å². The van der Waals surface area contributed by atoms with E-state index in [-0.39, 0.29) is 17.9 Å². The van der Waals surface area contributed by atoms with Crippen LogP contribution in [0, 0.1) is 11.8 Å². The molecule has 11 atom stereocenters. The zero-order valence-corrected chi connectivity index (χ0v) is 19.3. The Labute approximate surface area is 187 Å². The summed E-state index contributed by atoms with van der Waals surface area (Å²) in [5.41, 5.74) is -0.728. The average Bonchev–Trinajstić information content (AvgIpc) is 3.00. The SMILES string of the molecule is CC[C@@H]1CCO[C@@H]2[C@H](CN[C@@H]2C(=O)N[C@H]([C@H](C)Cl)[C@H]2OC(SC)[C@H](O)C(O)C2O)C1. The highest BCUT2D eigenvalue weighted by molar-refractivity contribution is 7.99. The highest BCUT2D eigenvalue weighted by Crippen LogP contribution is 2.33. The quantitative estimate of drug-likeness (QED) is 0.349. The van der Waals surface area contributed by atoms with E-state index in [2.05, 4.69) is 17.6 Å². The lowest BCUT2D eigenvalue weighted by atomic mass is 9.88. The Morgan fingerprint density at radius 3 is 2.67 bits per heavy atom. The zero-order valence-electron chi connectivity index (χ0n) is 17.7. The Balaban J connectivity index is 1.70. The van der Waals surface area contributed by atoms with Crippen LogP contribution in [0.4, 0.5) is 0 Å². The number of halogens is 1. The number of hydrogen-bond donors (Lipinski definition) is 5. The van der Waals surface area contributed by atoms with Crippen molar-refractivity contribution in [2.75, 3.05) is 19.4 Å². The second-order valence-corrected chi connectivity index (χ2v) is 10.3. The van der Waals surface area contributed by atoms with Gasteiger partial charge in [0.25, 0.3) is 0 Å². The number of fused-ring (bicyclic) bond motifs is 1. The maximum Gasteiger partial charge on any atom is 0.240 e. The van der Waals surface area contributed by atoms with E-state index in [0.717, 1.165) is 25.8 Å². The minimum absolute atomic E-state index is 0.198. The molecule has 3 unspecified atom stereocenters. The van der Waals surface area contributed by atoms with E-state index in [1.807, 2.05) is 0 Å². The van der Waals surface area contributed by atoms with Crippen molar-refractivity contribution < 1.29 is 29.6 Å². The van der Waals surface area contributed by atoms with Gasteiger partial charge in [-0.25, -0.2) is 0 Å². The van der Waals surface area contributed by atoms with Crippen molar-refractivity contribution in [1.29, 1.82) is 0 Å². The number of rotatable bonds is 6. The number of thioether (sulfide) groups is 1. The smallest absolute Gasteiger partial charge is 0.240 e. The Hall–Kier alpha value is -0.130. The maximum atomic E-state index is 13.2. The van der Waals surface area contributed by atoms with Gasteiger partial charge in [-0.05, 0) is 37.9 Å². The number of carbonyl (C=O) groups excluding carboxylic acids is 1. The third-order valence-electron chi connectivity index (χ3n) is 6.72. The van der Waals surface area contributed by atoms with Gasteiger partial charge in [0.05, 0.1) is 17.5 Å². The summed E-state index contributed by atoms with van der Waals surface area (Å²) < 4.78 is 11.9. The topological polar surface area (TPSA) is 120 Å². The van der Waals surface area contributed by atoms with Crippen molar-refractivity contribution in [2.24, 2.45) is 11.8 Å². The van der Waals surface area contributed by atoms with E-state index in [4.69, 9.17) is 21.1 Å². The van der Waals surface area contributed by atoms with E-state index >= 15 is 0 Å². The van der Waals surface area contributed by atoms with E-state index in [9.17, 15) is 20.1 Å². The van der Waals surface area contributed by atoms with Crippen molar-refractivity contribution in [1.82, 2.24) is 10.6 Å². The highest BCUT2D eigenvalue weighted by atomic mass is 35.5. The molecule has 0 aromatic heterocycles. The molecule has 0 aromatic carbocycles. The molecule has 174 valence electrons. The van der Waals surface area contributed by atoms with Gasteiger partial charge < -0.3 is 35.4 Å². The normalized spacial score (nSPS) is 44.0. The molecule has 0 bridgehead atoms. The second kappa shape index (κ2) is 10.7. The van der Waals surface area contributed by atoms with Crippen molar-refractivity contribution in [3.8, 4) is 0 Å². The standard InChI is InChI=1S/C20H35ClN2O6S/c1-4-10-5-6-28-17-11(7-10)8-22-13(17)19(27)23-12(9(2)21)18-15(25)14(24)16(26)20(29-18)30-3/h9-18,20,22,24-26H,4-8H2,1-3H3,(H,23,27)/t9-,10+,11-,12+,13-,14?,15?,16+,17+,18+,20?/m0/s1. The highest BCUT2D eigenvalue weighted by Gasteiger charge is 2.49. The summed E-state index contributed by atoms with van der Waals surface area (Å²) in [6, 6.07) is -1.25. The molecule has 0 radical (unpaired) electrons. The molecule has 1 amide bonds. The molecule has 3 rings (SSSR count). The maximum absolute atomic E-state index is 13.2. The van der Waals surface area contributed by atoms with Crippen LogP contribution in [0.1, 0.15) is 33.1 Å². The Bertz CT molecular complexity index is 585. The van der Waals surface area contributed by atoms with Crippen LogP contribution in [0.5, 0.6) is 0 Å². The summed E-state index contributed by atoms with van der Waals surface area (Å²) in [7, 11) is 0. The molecule has 10 heteroatoms. The third-order valence-corrected chi connectivity index (χ3v) is 7.85. The molecule has 0 aromatic rings. The molecule has 0 spiro atoms. The number of aliphatic hydroxyl groups excluding tert-OH is 3. The molecule has 3 aliphatic heterocycles. The van der Waals surface area contributed by atoms with Gasteiger partial charge in [0.2, 0.25) is 5.91 Å². The summed E-state index contributed by atoms with van der Waals surface area (Å²) in [4.78, 5) is 13.2. The predicted molar refractivity (Wildman–Crippen MR) is 115 cm³/mol. The number of carbonyl (C=O) groups is 1. The monoisotopic (exact) mass is 466 g/mol. The minimum Gasteiger partial charge on any atom is -0.388 e. The van der Waals surface area contributed by atoms with E-state index < -0.39 is 47.3 Å². The molecule has 3 saturated heterocycles. The molecule has 3 heterocycles. The Morgan fingerprint density at radius 1 is 1.30 bits per heavy atom. The number of alkyl halides is 1. The number of amides is 1. The van der Waals surface area contributed by atoms with Gasteiger partial charge >= 0.3 is 0 Å². The van der Waals surface area contributed by atoms with Gasteiger partial charge in [-0.2, -0.15) is 0 Å². The lowest BCUT2D eigenvalue weighted by Crippen LogP contribution is -2.65. The van der Waals surface area contributed by atoms with Crippen LogP contribution in [0.3, 0.4) is 0 Å². The van der Waals surface area contributed by atoms with E-state index in [1.54, 1.807) is 13.2 Å². The number of ether oxygens (including phenoxy) is 2. The van der Waals surface area contributed by atoms with Crippen molar-refractivity contribution in [3.05, 3.63) is 0 Å². The van der Waals surface area contributed by atoms with E-state index in [1.165, 1.54) is 11.8 Å². The average molecular weight is 467 g/mol. The zero-order chi connectivity index (χ0) is 22.0. The van der Waals surface area contributed by atoms with Crippen LogP contribution in [0.15, 0.2) is 0 Å². The molecule has 8 nitrogen and oxygen atoms in total. The van der Waals surface area contributed by atoms with Crippen LogP contribution in [-0.4, -0.2) is 94.1 Å². The molecule has 3 fully saturated rings. The number of hydrogen-bond acceptors (Lipinski definition) is 8. The second-order valence-electron chi connectivity index (χ2n) is 8.67. The van der Waals surface area contributed by atoms with Gasteiger partial charge in [0, 0.05) is 13.2 Å². The Kier molecular flexibility index (Phi) is 8.71. The lowest BCUT2D eigenvalue weighted by Gasteiger charge is -2.44. The minimum atomic E-state index is -1.39. The van der Waals surface area contributed by atoms with Gasteiger partial charge in [0.1, 0.15) is 35.9 Å². The van der Waals surface area contributed by atoms with Gasteiger partial charge in [0.15, 0.2) is 0 Å². The summed E-state index contributed by atoms with van der Waals surface area (Å²) in [5.74, 6) is 0.642. The molecule has 5 N–H and O–H groups in total. The largest absolute Gasteiger partial charge is 0.388 e. The first-order chi connectivity index (χ1) is 14.3. The number of aliphatic hydroxyl groups is 3. The lowest BCUT2D eigenvalue weighted by molar-refractivity contribution is -0.205. The fraction of sp³-hybridized carbons (Fsp3) is 0.950. The van der Waals surface area contributed by atoms with Crippen LogP contribution >= 0.6 is 23.4 Å². The van der Waals surface area contributed by atoms with Gasteiger partial charge in [-0.3, -0.25) is 4.79 Å². The first-order valence-electron chi connectivity index (χ1n) is 10.8. The molecular formula is C20H35ClN2O6S. The summed E-state index contributed by atoms with van der Waals surface area (Å²) >= 11 is 7.59. The summed E-state index contributed by atoms with van der Waals surface area (Å²) in [5, 5.41) is 36.5. The van der Waals surface area contributed by atoms with Crippen LogP contribution in [0.2, 0.25) is 0 Å². The van der Waals surface area contributed by atoms with Crippen molar-refractivity contribution >= 4 is 29.3 Å². The van der Waals surface area contributed by atoms with Crippen LogP contribution in [-0.2, 0) is 14.3 Å². The van der Waals surface area contributed by atoms with Crippen LogP contribution < -0.4 is 10.6 Å². The molecule has 0 aliphatic carbocycles. The summed E-state index contributed by atoms with van der Waals surface area (Å²) in [6.45, 7) is 5.26. The fourth-order valence-corrected chi connectivity index (χ4v) is 5.73. The van der Waals surface area contributed by atoms with Crippen molar-refractivity contribution in [3.63, 3.8) is 0 Å². The summed E-state index contributed by atoms with van der Waals surface area (Å²) in [6.07, 6.45) is -0.240. The third kappa shape index (κ3) is 5.09. The number of nitrogens with one attached hydrogen (secondary N) is 2. The first kappa shape index (κ1) is 24.5. The first-order valence-corrected chi connectivity index (χ1v) is 12.5. The predicted octanol–water partition coefficient (Wildman–Crippen LogP) is 0.0623. The Morgan fingerprint density at radius 2 is 2.03 bits per heavy atom. The molecule has 30 heavy (non-hydrogen) atoms. The van der Waals surface area contributed by atoms with Gasteiger partial charge in [-0.1, -0.05) is 13.3 Å². The molecular weight excluding hydrogens is 432 g/mol. The molecule has 0 saturated carbocycles.